The topological polar surface area (TPSA) is 113 Å². The molecule has 1 aliphatic rings. The monoisotopic (exact) mass is 447 g/mol. The van der Waals surface area contributed by atoms with Crippen molar-refractivity contribution in [2.45, 2.75) is 24.7 Å². The lowest BCUT2D eigenvalue weighted by Gasteiger charge is -2.30. The lowest BCUT2D eigenvalue weighted by Crippen LogP contribution is -2.46. The van der Waals surface area contributed by atoms with Crippen molar-refractivity contribution in [2.75, 3.05) is 46.1 Å². The summed E-state index contributed by atoms with van der Waals surface area (Å²) < 4.78 is 56.1. The molecule has 0 radical (unpaired) electrons. The van der Waals surface area contributed by atoms with Crippen molar-refractivity contribution in [1.82, 2.24) is 13.9 Å². The number of rotatable bonds is 9. The molecule has 0 aliphatic carbocycles. The van der Waals surface area contributed by atoms with Crippen LogP contribution in [0.5, 0.6) is 5.75 Å². The van der Waals surface area contributed by atoms with Gasteiger partial charge in [0.2, 0.25) is 26.0 Å². The molecular weight excluding hydrogens is 418 g/mol. The molecule has 0 bridgehead atoms. The van der Waals surface area contributed by atoms with E-state index in [2.05, 4.69) is 5.32 Å². The molecule has 2 rings (SSSR count). The molecule has 0 aromatic heterocycles. The minimum atomic E-state index is -3.49. The van der Waals surface area contributed by atoms with Crippen LogP contribution in [0.4, 0.5) is 0 Å². The van der Waals surface area contributed by atoms with E-state index in [-0.39, 0.29) is 42.2 Å². The highest BCUT2D eigenvalue weighted by atomic mass is 32.2. The Labute approximate surface area is 173 Å². The highest BCUT2D eigenvalue weighted by Gasteiger charge is 2.31. The average molecular weight is 448 g/mol. The molecular formula is C18H29N3O6S2. The third-order valence-electron chi connectivity index (χ3n) is 4.79. The Bertz CT molecular complexity index is 898. The van der Waals surface area contributed by atoms with Gasteiger partial charge in [0.15, 0.2) is 0 Å². The first-order chi connectivity index (χ1) is 13.6. The van der Waals surface area contributed by atoms with Gasteiger partial charge >= 0.3 is 0 Å². The van der Waals surface area contributed by atoms with E-state index in [9.17, 15) is 21.6 Å². The van der Waals surface area contributed by atoms with E-state index in [1.807, 2.05) is 0 Å². The largest absolute Gasteiger partial charge is 0.492 e. The van der Waals surface area contributed by atoms with Crippen LogP contribution in [0.3, 0.4) is 0 Å². The van der Waals surface area contributed by atoms with Crippen molar-refractivity contribution in [1.29, 1.82) is 0 Å². The van der Waals surface area contributed by atoms with E-state index in [1.54, 1.807) is 19.1 Å². The highest BCUT2D eigenvalue weighted by molar-refractivity contribution is 7.89. The lowest BCUT2D eigenvalue weighted by atomic mass is 9.99. The molecule has 1 unspecified atom stereocenters. The van der Waals surface area contributed by atoms with Crippen LogP contribution < -0.4 is 10.1 Å². The maximum absolute atomic E-state index is 12.3. The van der Waals surface area contributed by atoms with Gasteiger partial charge in [-0.2, -0.15) is 0 Å². The van der Waals surface area contributed by atoms with Crippen molar-refractivity contribution >= 4 is 26.0 Å². The molecule has 1 N–H and O–H groups in total. The number of carbonyl (C=O) groups is 1. The molecule has 1 atom stereocenters. The third-order valence-corrected chi connectivity index (χ3v) is 8.46. The first-order valence-corrected chi connectivity index (χ1v) is 12.5. The molecule has 9 nitrogen and oxygen atoms in total. The summed E-state index contributed by atoms with van der Waals surface area (Å²) in [6, 6.07) is 6.06. The molecule has 1 aromatic rings. The van der Waals surface area contributed by atoms with E-state index >= 15 is 0 Å². The van der Waals surface area contributed by atoms with Crippen LogP contribution in [-0.2, 0) is 24.8 Å². The number of nitrogens with one attached hydrogen (secondary N) is 1. The molecule has 1 aliphatic heterocycles. The molecule has 1 aromatic carbocycles. The van der Waals surface area contributed by atoms with E-state index in [0.29, 0.717) is 25.1 Å². The number of sulfonamides is 2. The minimum absolute atomic E-state index is 0.0316. The van der Waals surface area contributed by atoms with E-state index in [1.165, 1.54) is 30.5 Å². The zero-order chi connectivity index (χ0) is 21.7. The van der Waals surface area contributed by atoms with Crippen LogP contribution in [0.25, 0.3) is 0 Å². The molecule has 0 saturated carbocycles. The minimum Gasteiger partial charge on any atom is -0.492 e. The second-order valence-electron chi connectivity index (χ2n) is 7.00. The summed E-state index contributed by atoms with van der Waals surface area (Å²) >= 11 is 0. The average Bonchev–Trinajstić information content (AvgIpc) is 2.71. The summed E-state index contributed by atoms with van der Waals surface area (Å²) in [6.07, 6.45) is 1.32. The summed E-state index contributed by atoms with van der Waals surface area (Å²) in [5.41, 5.74) is 0. The van der Waals surface area contributed by atoms with Gasteiger partial charge in [0.1, 0.15) is 12.4 Å². The van der Waals surface area contributed by atoms with E-state index < -0.39 is 20.0 Å². The Kier molecular flexibility index (Phi) is 8.03. The third kappa shape index (κ3) is 6.14. The van der Waals surface area contributed by atoms with Gasteiger partial charge in [0.25, 0.3) is 0 Å². The Morgan fingerprint density at radius 2 is 1.86 bits per heavy atom. The zero-order valence-electron chi connectivity index (χ0n) is 17.0. The SMILES string of the molecule is CCS(=O)(=O)N1CCCC(C(=O)NCCOc2ccc(S(=O)(=O)N(C)C)cc2)C1. The maximum atomic E-state index is 12.3. The fraction of sp³-hybridized carbons (Fsp3) is 0.611. The van der Waals surface area contributed by atoms with Gasteiger partial charge in [-0.1, -0.05) is 0 Å². The van der Waals surface area contributed by atoms with Crippen molar-refractivity contribution in [2.24, 2.45) is 5.92 Å². The molecule has 0 spiro atoms. The van der Waals surface area contributed by atoms with Gasteiger partial charge < -0.3 is 10.1 Å². The van der Waals surface area contributed by atoms with Crippen molar-refractivity contribution in [3.8, 4) is 5.75 Å². The Balaban J connectivity index is 1.79. The second-order valence-corrected chi connectivity index (χ2v) is 11.4. The van der Waals surface area contributed by atoms with Gasteiger partial charge in [0, 0.05) is 27.2 Å². The fourth-order valence-corrected chi connectivity index (χ4v) is 5.08. The Morgan fingerprint density at radius 1 is 1.21 bits per heavy atom. The number of carbonyl (C=O) groups excluding carboxylic acids is 1. The summed E-state index contributed by atoms with van der Waals surface area (Å²) in [7, 11) is -3.84. The molecule has 1 heterocycles. The lowest BCUT2D eigenvalue weighted by molar-refractivity contribution is -0.126. The number of ether oxygens (including phenoxy) is 1. The van der Waals surface area contributed by atoms with Crippen LogP contribution in [0, 0.1) is 5.92 Å². The Hall–Kier alpha value is -1.69. The van der Waals surface area contributed by atoms with Crippen molar-refractivity contribution in [3.63, 3.8) is 0 Å². The van der Waals surface area contributed by atoms with Gasteiger partial charge in [-0.25, -0.2) is 25.4 Å². The summed E-state index contributed by atoms with van der Waals surface area (Å²) in [4.78, 5) is 12.5. The Morgan fingerprint density at radius 3 is 2.45 bits per heavy atom. The predicted octanol–water partition coefficient (Wildman–Crippen LogP) is 0.494. The van der Waals surface area contributed by atoms with Crippen LogP contribution in [-0.4, -0.2) is 77.4 Å². The fourth-order valence-electron chi connectivity index (χ4n) is 3.00. The molecule has 1 saturated heterocycles. The molecule has 11 heteroatoms. The quantitative estimate of drug-likeness (QED) is 0.552. The normalized spacial score (nSPS) is 18.6. The van der Waals surface area contributed by atoms with Crippen molar-refractivity contribution < 1.29 is 26.4 Å². The van der Waals surface area contributed by atoms with Gasteiger partial charge in [-0.05, 0) is 44.0 Å². The first-order valence-electron chi connectivity index (χ1n) is 9.49. The van der Waals surface area contributed by atoms with Crippen LogP contribution in [0.2, 0.25) is 0 Å². The first kappa shape index (κ1) is 23.6. The summed E-state index contributed by atoms with van der Waals surface area (Å²) in [5.74, 6) is -0.0171. The highest BCUT2D eigenvalue weighted by Crippen LogP contribution is 2.20. The van der Waals surface area contributed by atoms with Crippen LogP contribution >= 0.6 is 0 Å². The van der Waals surface area contributed by atoms with Gasteiger partial charge in [-0.3, -0.25) is 4.79 Å². The summed E-state index contributed by atoms with van der Waals surface area (Å²) in [6.45, 7) is 2.76. The number of hydrogen-bond donors (Lipinski definition) is 1. The van der Waals surface area contributed by atoms with Crippen LogP contribution in [0.15, 0.2) is 29.2 Å². The second kappa shape index (κ2) is 9.88. The summed E-state index contributed by atoms with van der Waals surface area (Å²) in [5, 5.41) is 2.78. The molecule has 1 fully saturated rings. The number of nitrogens with zero attached hydrogens (tertiary/aromatic N) is 2. The molecule has 29 heavy (non-hydrogen) atoms. The molecule has 1 amide bonds. The predicted molar refractivity (Wildman–Crippen MR) is 110 cm³/mol. The van der Waals surface area contributed by atoms with Crippen molar-refractivity contribution in [3.05, 3.63) is 24.3 Å². The standard InChI is InChI=1S/C18H29N3O6S2/c1-4-28(23,24)21-12-5-6-15(14-21)18(22)19-11-13-27-16-7-9-17(10-8-16)29(25,26)20(2)3/h7-10,15H,4-6,11-14H2,1-3H3,(H,19,22). The van der Waals surface area contributed by atoms with Gasteiger partial charge in [-0.15, -0.1) is 0 Å². The number of amides is 1. The number of piperidine rings is 1. The smallest absolute Gasteiger partial charge is 0.242 e. The van der Waals surface area contributed by atoms with Gasteiger partial charge in [0.05, 0.1) is 23.1 Å². The maximum Gasteiger partial charge on any atom is 0.242 e. The number of benzene rings is 1. The molecule has 164 valence electrons. The van der Waals surface area contributed by atoms with E-state index in [4.69, 9.17) is 4.74 Å². The van der Waals surface area contributed by atoms with Crippen LogP contribution in [0.1, 0.15) is 19.8 Å². The van der Waals surface area contributed by atoms with E-state index in [0.717, 1.165) is 4.31 Å². The zero-order valence-corrected chi connectivity index (χ0v) is 18.6. The number of hydrogen-bond acceptors (Lipinski definition) is 6.